The van der Waals surface area contributed by atoms with Gasteiger partial charge in [0, 0.05) is 25.0 Å². The van der Waals surface area contributed by atoms with Crippen LogP contribution in [0.2, 0.25) is 0 Å². The first-order valence-corrected chi connectivity index (χ1v) is 6.65. The first-order valence-electron chi connectivity index (χ1n) is 6.65. The molecule has 0 aliphatic carbocycles. The molecule has 1 fully saturated rings. The number of benzene rings is 1. The van der Waals surface area contributed by atoms with E-state index >= 15 is 0 Å². The lowest BCUT2D eigenvalue weighted by molar-refractivity contribution is 0.415. The van der Waals surface area contributed by atoms with Crippen LogP contribution in [0.15, 0.2) is 30.5 Å². The number of pyridine rings is 1. The van der Waals surface area contributed by atoms with Crippen molar-refractivity contribution in [3.05, 3.63) is 30.5 Å². The van der Waals surface area contributed by atoms with E-state index in [1.807, 2.05) is 24.4 Å². The predicted molar refractivity (Wildman–Crippen MR) is 85.2 cm³/mol. The summed E-state index contributed by atoms with van der Waals surface area (Å²) in [5.41, 5.74) is 2.16. The third-order valence-electron chi connectivity index (χ3n) is 3.86. The Balaban J connectivity index is 0.00000147. The highest BCUT2D eigenvalue weighted by molar-refractivity contribution is 5.85. The molecule has 3 rings (SSSR count). The lowest BCUT2D eigenvalue weighted by Crippen LogP contribution is -2.33. The highest BCUT2D eigenvalue weighted by Gasteiger charge is 2.19. The molecule has 1 aromatic carbocycles. The summed E-state index contributed by atoms with van der Waals surface area (Å²) in [5.74, 6) is 0.872. The molecule has 0 spiro atoms. The number of rotatable bonds is 3. The van der Waals surface area contributed by atoms with Crippen LogP contribution in [0.5, 0.6) is 5.75 Å². The van der Waals surface area contributed by atoms with E-state index in [0.717, 1.165) is 35.4 Å². The highest BCUT2D eigenvalue weighted by atomic mass is 35.5. The van der Waals surface area contributed by atoms with E-state index < -0.39 is 0 Å². The molecule has 5 heteroatoms. The zero-order valence-electron chi connectivity index (χ0n) is 11.8. The van der Waals surface area contributed by atoms with Crippen molar-refractivity contribution in [2.45, 2.75) is 12.5 Å². The predicted octanol–water partition coefficient (Wildman–Crippen LogP) is 2.46. The molecule has 0 bridgehead atoms. The Bertz CT molecular complexity index is 584. The smallest absolute Gasteiger partial charge is 0.119 e. The summed E-state index contributed by atoms with van der Waals surface area (Å²) in [7, 11) is 3.83. The van der Waals surface area contributed by atoms with Crippen molar-refractivity contribution in [3.63, 3.8) is 0 Å². The Labute approximate surface area is 125 Å². The molecule has 4 nitrogen and oxygen atoms in total. The van der Waals surface area contributed by atoms with E-state index in [-0.39, 0.29) is 12.4 Å². The van der Waals surface area contributed by atoms with Gasteiger partial charge in [-0.05, 0) is 37.2 Å². The van der Waals surface area contributed by atoms with Crippen LogP contribution >= 0.6 is 12.4 Å². The molecular formula is C15H20ClN3O. The van der Waals surface area contributed by atoms with Gasteiger partial charge in [-0.25, -0.2) is 0 Å². The lowest BCUT2D eigenvalue weighted by atomic mass is 10.1. The molecule has 1 aliphatic heterocycles. The van der Waals surface area contributed by atoms with Crippen LogP contribution in [0.1, 0.15) is 6.42 Å². The number of fused-ring (bicyclic) bond motifs is 1. The number of aromatic nitrogens is 1. The van der Waals surface area contributed by atoms with Crippen LogP contribution in [0.4, 0.5) is 5.69 Å². The molecule has 2 heterocycles. The average Bonchev–Trinajstić information content (AvgIpc) is 2.99. The van der Waals surface area contributed by atoms with Crippen molar-refractivity contribution < 1.29 is 4.74 Å². The molecule has 1 saturated heterocycles. The molecule has 0 radical (unpaired) electrons. The van der Waals surface area contributed by atoms with Gasteiger partial charge in [-0.15, -0.1) is 12.4 Å². The Morgan fingerprint density at radius 1 is 1.35 bits per heavy atom. The quantitative estimate of drug-likeness (QED) is 0.943. The minimum Gasteiger partial charge on any atom is -0.497 e. The standard InChI is InChI=1S/C15H19N3O.ClH/c1-18(12-5-6-16-9-12)13-7-11-8-14(19-2)3-4-15(11)17-10-13;/h3-4,7-8,10,12,16H,5-6,9H2,1-2H3;1H. The first kappa shape index (κ1) is 14.9. The van der Waals surface area contributed by atoms with Crippen molar-refractivity contribution in [1.29, 1.82) is 0 Å². The molecule has 0 amide bonds. The third kappa shape index (κ3) is 2.81. The summed E-state index contributed by atoms with van der Waals surface area (Å²) in [4.78, 5) is 6.84. The van der Waals surface area contributed by atoms with Crippen LogP contribution in [-0.4, -0.2) is 38.3 Å². The lowest BCUT2D eigenvalue weighted by Gasteiger charge is -2.25. The van der Waals surface area contributed by atoms with Gasteiger partial charge in [0.25, 0.3) is 0 Å². The van der Waals surface area contributed by atoms with Gasteiger partial charge < -0.3 is 15.0 Å². The fourth-order valence-electron chi connectivity index (χ4n) is 2.60. The van der Waals surface area contributed by atoms with E-state index in [4.69, 9.17) is 4.74 Å². The minimum atomic E-state index is 0. The van der Waals surface area contributed by atoms with Gasteiger partial charge in [0.1, 0.15) is 5.75 Å². The van der Waals surface area contributed by atoms with Crippen molar-refractivity contribution in [3.8, 4) is 5.75 Å². The Morgan fingerprint density at radius 3 is 2.90 bits per heavy atom. The van der Waals surface area contributed by atoms with Crippen LogP contribution in [0.25, 0.3) is 10.9 Å². The molecule has 108 valence electrons. The van der Waals surface area contributed by atoms with Gasteiger partial charge in [0.05, 0.1) is 24.5 Å². The summed E-state index contributed by atoms with van der Waals surface area (Å²) >= 11 is 0. The number of hydrogen-bond acceptors (Lipinski definition) is 4. The number of ether oxygens (including phenoxy) is 1. The van der Waals surface area contributed by atoms with Crippen LogP contribution < -0.4 is 15.0 Å². The van der Waals surface area contributed by atoms with Crippen LogP contribution in [0.3, 0.4) is 0 Å². The second-order valence-electron chi connectivity index (χ2n) is 5.01. The topological polar surface area (TPSA) is 37.4 Å². The van der Waals surface area contributed by atoms with Crippen molar-refractivity contribution >= 4 is 29.0 Å². The molecule has 1 aliphatic rings. The SMILES string of the molecule is COc1ccc2ncc(N(C)C3CCNC3)cc2c1.Cl. The second-order valence-corrected chi connectivity index (χ2v) is 5.01. The normalized spacial score (nSPS) is 17.8. The monoisotopic (exact) mass is 293 g/mol. The molecule has 1 unspecified atom stereocenters. The van der Waals surface area contributed by atoms with E-state index in [2.05, 4.69) is 28.3 Å². The maximum Gasteiger partial charge on any atom is 0.119 e. The number of likely N-dealkylation sites (N-methyl/N-ethyl adjacent to an activating group) is 1. The summed E-state index contributed by atoms with van der Waals surface area (Å²) in [6, 6.07) is 8.72. The van der Waals surface area contributed by atoms with E-state index in [1.54, 1.807) is 7.11 Å². The maximum atomic E-state index is 5.27. The van der Waals surface area contributed by atoms with E-state index in [9.17, 15) is 0 Å². The summed E-state index contributed by atoms with van der Waals surface area (Å²) in [6.07, 6.45) is 3.14. The number of nitrogens with zero attached hydrogens (tertiary/aromatic N) is 2. The van der Waals surface area contributed by atoms with Gasteiger partial charge >= 0.3 is 0 Å². The van der Waals surface area contributed by atoms with Crippen molar-refractivity contribution in [2.24, 2.45) is 0 Å². The van der Waals surface area contributed by atoms with Gasteiger partial charge in [-0.1, -0.05) is 0 Å². The van der Waals surface area contributed by atoms with Crippen molar-refractivity contribution in [1.82, 2.24) is 10.3 Å². The maximum absolute atomic E-state index is 5.27. The van der Waals surface area contributed by atoms with E-state index in [1.165, 1.54) is 6.42 Å². The van der Waals surface area contributed by atoms with E-state index in [0.29, 0.717) is 6.04 Å². The summed E-state index contributed by atoms with van der Waals surface area (Å²) in [5, 5.41) is 4.52. The zero-order chi connectivity index (χ0) is 13.2. The minimum absolute atomic E-state index is 0. The fourth-order valence-corrected chi connectivity index (χ4v) is 2.60. The Kier molecular flexibility index (Phi) is 4.68. The number of hydrogen-bond donors (Lipinski definition) is 1. The number of methoxy groups -OCH3 is 1. The zero-order valence-corrected chi connectivity index (χ0v) is 12.6. The molecule has 1 aromatic heterocycles. The number of halogens is 1. The van der Waals surface area contributed by atoms with Crippen LogP contribution in [-0.2, 0) is 0 Å². The average molecular weight is 294 g/mol. The Morgan fingerprint density at radius 2 is 2.20 bits per heavy atom. The molecule has 2 aromatic rings. The number of nitrogens with one attached hydrogen (secondary N) is 1. The first-order chi connectivity index (χ1) is 9.28. The van der Waals surface area contributed by atoms with Gasteiger partial charge in [0.2, 0.25) is 0 Å². The molecule has 1 atom stereocenters. The summed E-state index contributed by atoms with van der Waals surface area (Å²) < 4.78 is 5.27. The summed E-state index contributed by atoms with van der Waals surface area (Å²) in [6.45, 7) is 2.15. The van der Waals surface area contributed by atoms with Gasteiger partial charge in [0.15, 0.2) is 0 Å². The third-order valence-corrected chi connectivity index (χ3v) is 3.86. The van der Waals surface area contributed by atoms with Gasteiger partial charge in [-0.3, -0.25) is 4.98 Å². The second kappa shape index (κ2) is 6.29. The molecule has 1 N–H and O–H groups in total. The van der Waals surface area contributed by atoms with Crippen LogP contribution in [0, 0.1) is 0 Å². The molecule has 20 heavy (non-hydrogen) atoms. The fraction of sp³-hybridized carbons (Fsp3) is 0.400. The Hall–Kier alpha value is -1.52. The number of anilines is 1. The largest absolute Gasteiger partial charge is 0.497 e. The van der Waals surface area contributed by atoms with Crippen molar-refractivity contribution in [2.75, 3.05) is 32.1 Å². The molecule has 0 saturated carbocycles. The molecular weight excluding hydrogens is 274 g/mol. The van der Waals surface area contributed by atoms with Gasteiger partial charge in [-0.2, -0.15) is 0 Å². The highest BCUT2D eigenvalue weighted by Crippen LogP contribution is 2.25.